The van der Waals surface area contributed by atoms with Gasteiger partial charge in [0.05, 0.1) is 0 Å². The molecule has 0 radical (unpaired) electrons. The molecule has 3 atom stereocenters. The van der Waals surface area contributed by atoms with E-state index in [1.165, 1.54) is 30.6 Å². The average molecular weight is 249 g/mol. The van der Waals surface area contributed by atoms with E-state index in [-0.39, 0.29) is 0 Å². The second-order valence-electron chi connectivity index (χ2n) is 5.91. The number of fused-ring (bicyclic) bond motifs is 1. The van der Waals surface area contributed by atoms with Gasteiger partial charge in [-0.15, -0.1) is 11.3 Å². The van der Waals surface area contributed by atoms with Crippen LogP contribution in [0.15, 0.2) is 11.4 Å². The summed E-state index contributed by atoms with van der Waals surface area (Å²) in [6.07, 6.45) is 5.71. The molecule has 0 spiro atoms. The summed E-state index contributed by atoms with van der Waals surface area (Å²) in [5, 5.41) is 6.16. The second-order valence-corrected chi connectivity index (χ2v) is 7.03. The lowest BCUT2D eigenvalue weighted by molar-refractivity contribution is 0.342. The Morgan fingerprint density at radius 2 is 2.12 bits per heavy atom. The van der Waals surface area contributed by atoms with E-state index in [2.05, 4.69) is 30.6 Å². The maximum atomic E-state index is 3.79. The lowest BCUT2D eigenvalue weighted by atomic mass is 9.90. The summed E-state index contributed by atoms with van der Waals surface area (Å²) < 4.78 is 0. The topological polar surface area (TPSA) is 12.0 Å². The number of hydrogen-bond donors (Lipinski definition) is 1. The van der Waals surface area contributed by atoms with Gasteiger partial charge >= 0.3 is 0 Å². The molecular weight excluding hydrogens is 226 g/mol. The number of rotatable bonds is 5. The summed E-state index contributed by atoms with van der Waals surface area (Å²) in [7, 11) is 0. The second kappa shape index (κ2) is 4.74. The molecule has 3 unspecified atom stereocenters. The molecule has 0 amide bonds. The molecule has 2 heteroatoms. The van der Waals surface area contributed by atoms with E-state index in [1.807, 2.05) is 11.3 Å². The zero-order chi connectivity index (χ0) is 11.8. The highest BCUT2D eigenvalue weighted by Gasteiger charge is 2.48. The van der Waals surface area contributed by atoms with E-state index < -0.39 is 0 Å². The third-order valence-corrected chi connectivity index (χ3v) is 5.36. The summed E-state index contributed by atoms with van der Waals surface area (Å²) in [4.78, 5) is 1.45. The molecule has 0 aromatic carbocycles. The minimum atomic E-state index is 0.632. The molecule has 3 rings (SSSR count). The molecule has 94 valence electrons. The van der Waals surface area contributed by atoms with Crippen molar-refractivity contribution in [3.05, 3.63) is 21.9 Å². The molecule has 1 aromatic rings. The van der Waals surface area contributed by atoms with Gasteiger partial charge in [0.1, 0.15) is 0 Å². The fraction of sp³-hybridized carbons (Fsp3) is 0.733. The Kier molecular flexibility index (Phi) is 3.27. The van der Waals surface area contributed by atoms with Gasteiger partial charge in [0, 0.05) is 10.9 Å². The number of aryl methyl sites for hydroxylation is 1. The first-order valence-electron chi connectivity index (χ1n) is 7.06. The summed E-state index contributed by atoms with van der Waals surface area (Å²) >= 11 is 1.90. The van der Waals surface area contributed by atoms with Crippen LogP contribution >= 0.6 is 11.3 Å². The largest absolute Gasteiger partial charge is 0.310 e. The summed E-state index contributed by atoms with van der Waals surface area (Å²) in [5.41, 5.74) is 1.55. The van der Waals surface area contributed by atoms with E-state index in [1.54, 1.807) is 5.56 Å². The monoisotopic (exact) mass is 249 g/mol. The van der Waals surface area contributed by atoms with Gasteiger partial charge < -0.3 is 5.32 Å². The van der Waals surface area contributed by atoms with Crippen molar-refractivity contribution in [3.63, 3.8) is 0 Å². The van der Waals surface area contributed by atoms with Crippen LogP contribution in [-0.4, -0.2) is 6.54 Å². The zero-order valence-corrected chi connectivity index (χ0v) is 11.7. The van der Waals surface area contributed by atoms with Crippen LogP contribution in [0.5, 0.6) is 0 Å². The predicted molar refractivity (Wildman–Crippen MR) is 74.4 cm³/mol. The molecule has 2 aliphatic rings. The molecule has 2 aliphatic carbocycles. The van der Waals surface area contributed by atoms with Crippen molar-refractivity contribution in [2.75, 3.05) is 6.54 Å². The Morgan fingerprint density at radius 1 is 1.35 bits per heavy atom. The Bertz CT molecular complexity index is 374. The van der Waals surface area contributed by atoms with Crippen molar-refractivity contribution in [1.29, 1.82) is 0 Å². The molecule has 1 aromatic heterocycles. The standard InChI is InChI=1S/C15H23NS/c1-3-4-16-15(14-5-10(2)17-9-14)13-7-11-6-12(11)8-13/h5,9,11-13,15-16H,3-4,6-8H2,1-2H3. The van der Waals surface area contributed by atoms with Crippen LogP contribution in [0.25, 0.3) is 0 Å². The van der Waals surface area contributed by atoms with E-state index in [9.17, 15) is 0 Å². The molecule has 1 nitrogen and oxygen atoms in total. The van der Waals surface area contributed by atoms with E-state index >= 15 is 0 Å². The SMILES string of the molecule is CCCNC(c1csc(C)c1)C1CC2CC2C1. The van der Waals surface area contributed by atoms with E-state index in [0.29, 0.717) is 6.04 Å². The third kappa shape index (κ3) is 2.43. The van der Waals surface area contributed by atoms with Gasteiger partial charge in [-0.2, -0.15) is 0 Å². The van der Waals surface area contributed by atoms with Gasteiger partial charge in [-0.3, -0.25) is 0 Å². The fourth-order valence-corrected chi connectivity index (χ4v) is 4.26. The van der Waals surface area contributed by atoms with Crippen LogP contribution in [0.1, 0.15) is 49.1 Å². The van der Waals surface area contributed by atoms with Gasteiger partial charge in [-0.25, -0.2) is 0 Å². The van der Waals surface area contributed by atoms with Crippen molar-refractivity contribution >= 4 is 11.3 Å². The molecule has 0 bridgehead atoms. The van der Waals surface area contributed by atoms with Crippen LogP contribution in [0.4, 0.5) is 0 Å². The highest BCUT2D eigenvalue weighted by molar-refractivity contribution is 7.10. The van der Waals surface area contributed by atoms with Crippen molar-refractivity contribution in [3.8, 4) is 0 Å². The molecule has 0 saturated heterocycles. The molecule has 1 N–H and O–H groups in total. The average Bonchev–Trinajstić information content (AvgIpc) is 2.74. The summed E-state index contributed by atoms with van der Waals surface area (Å²) in [5.74, 6) is 3.08. The number of nitrogens with one attached hydrogen (secondary N) is 1. The Balaban J connectivity index is 1.71. The van der Waals surface area contributed by atoms with Crippen LogP contribution in [-0.2, 0) is 0 Å². The van der Waals surface area contributed by atoms with Gasteiger partial charge in [-0.05, 0) is 73.9 Å². The van der Waals surface area contributed by atoms with Crippen LogP contribution in [0.3, 0.4) is 0 Å². The zero-order valence-electron chi connectivity index (χ0n) is 10.9. The highest BCUT2D eigenvalue weighted by atomic mass is 32.1. The third-order valence-electron chi connectivity index (χ3n) is 4.48. The molecule has 0 aliphatic heterocycles. The minimum absolute atomic E-state index is 0.632. The molecule has 1 heterocycles. The van der Waals surface area contributed by atoms with Crippen LogP contribution in [0.2, 0.25) is 0 Å². The predicted octanol–water partition coefficient (Wildman–Crippen LogP) is 4.14. The summed E-state index contributed by atoms with van der Waals surface area (Å²) in [6, 6.07) is 3.02. The highest BCUT2D eigenvalue weighted by Crippen LogP contribution is 2.57. The minimum Gasteiger partial charge on any atom is -0.310 e. The number of thiophene rings is 1. The van der Waals surface area contributed by atoms with Gasteiger partial charge in [-0.1, -0.05) is 6.92 Å². The molecule has 2 saturated carbocycles. The van der Waals surface area contributed by atoms with Crippen molar-refractivity contribution in [1.82, 2.24) is 5.32 Å². The summed E-state index contributed by atoms with van der Waals surface area (Å²) in [6.45, 7) is 5.64. The van der Waals surface area contributed by atoms with Crippen molar-refractivity contribution < 1.29 is 0 Å². The van der Waals surface area contributed by atoms with Crippen molar-refractivity contribution in [2.45, 2.75) is 45.6 Å². The van der Waals surface area contributed by atoms with Gasteiger partial charge in [0.15, 0.2) is 0 Å². The Labute approximate surface area is 109 Å². The molecule has 17 heavy (non-hydrogen) atoms. The van der Waals surface area contributed by atoms with E-state index in [0.717, 1.165) is 24.3 Å². The first kappa shape index (κ1) is 11.7. The van der Waals surface area contributed by atoms with Gasteiger partial charge in [0.25, 0.3) is 0 Å². The lowest BCUT2D eigenvalue weighted by Gasteiger charge is -2.25. The quantitative estimate of drug-likeness (QED) is 0.827. The number of hydrogen-bond acceptors (Lipinski definition) is 2. The van der Waals surface area contributed by atoms with E-state index in [4.69, 9.17) is 0 Å². The van der Waals surface area contributed by atoms with Crippen LogP contribution < -0.4 is 5.32 Å². The normalized spacial score (nSPS) is 32.5. The van der Waals surface area contributed by atoms with Gasteiger partial charge in [0.2, 0.25) is 0 Å². The first-order valence-corrected chi connectivity index (χ1v) is 7.94. The first-order chi connectivity index (χ1) is 8.28. The van der Waals surface area contributed by atoms with Crippen LogP contribution in [0, 0.1) is 24.7 Å². The smallest absolute Gasteiger partial charge is 0.0357 e. The van der Waals surface area contributed by atoms with Crippen molar-refractivity contribution in [2.24, 2.45) is 17.8 Å². The molecule has 2 fully saturated rings. The lowest BCUT2D eigenvalue weighted by Crippen LogP contribution is -2.28. The maximum absolute atomic E-state index is 3.79. The maximum Gasteiger partial charge on any atom is 0.0357 e. The Morgan fingerprint density at radius 3 is 2.71 bits per heavy atom. The molecular formula is C15H23NS. The Hall–Kier alpha value is -0.340. The fourth-order valence-electron chi connectivity index (χ4n) is 3.52.